The summed E-state index contributed by atoms with van der Waals surface area (Å²) < 4.78 is 10.8. The normalized spacial score (nSPS) is 9.95. The fourth-order valence-corrected chi connectivity index (χ4v) is 1.64. The highest BCUT2D eigenvalue weighted by molar-refractivity contribution is 5.95. The van der Waals surface area contributed by atoms with Crippen LogP contribution >= 0.6 is 0 Å². The molecule has 2 aromatic carbocycles. The summed E-state index contributed by atoms with van der Waals surface area (Å²) in [5.74, 6) is 1.56. The third kappa shape index (κ3) is 3.48. The van der Waals surface area contributed by atoms with Crippen LogP contribution in [0.5, 0.6) is 11.5 Å². The third-order valence-corrected chi connectivity index (χ3v) is 2.71. The Morgan fingerprint density at radius 2 is 1.84 bits per heavy atom. The Morgan fingerprint density at radius 3 is 2.47 bits per heavy atom. The van der Waals surface area contributed by atoms with Crippen molar-refractivity contribution in [2.45, 2.75) is 6.61 Å². The molecule has 0 bridgehead atoms. The molecule has 0 spiro atoms. The summed E-state index contributed by atoms with van der Waals surface area (Å²) in [6.45, 7) is 0.464. The van der Waals surface area contributed by atoms with Crippen molar-refractivity contribution in [2.24, 2.45) is 5.73 Å². The summed E-state index contributed by atoms with van der Waals surface area (Å²) in [5, 5.41) is 7.38. The lowest BCUT2D eigenvalue weighted by Crippen LogP contribution is -2.10. The molecule has 0 aliphatic heterocycles. The number of hydrogen-bond acceptors (Lipinski definition) is 3. The van der Waals surface area contributed by atoms with E-state index < -0.39 is 0 Å². The second-order valence-electron chi connectivity index (χ2n) is 4.08. The number of nitrogen functional groups attached to an aromatic ring is 1. The predicted octanol–water partition coefficient (Wildman–Crippen LogP) is 2.56. The van der Waals surface area contributed by atoms with Crippen molar-refractivity contribution in [3.05, 3.63) is 59.7 Å². The smallest absolute Gasteiger partial charge is 0.122 e. The molecular weight excluding hydrogens is 240 g/mol. The topological polar surface area (TPSA) is 68.3 Å². The number of rotatable bonds is 5. The van der Waals surface area contributed by atoms with Gasteiger partial charge in [0.05, 0.1) is 7.11 Å². The zero-order valence-corrected chi connectivity index (χ0v) is 10.7. The first-order chi connectivity index (χ1) is 9.19. The third-order valence-electron chi connectivity index (χ3n) is 2.71. The molecule has 2 rings (SSSR count). The molecule has 3 N–H and O–H groups in total. The van der Waals surface area contributed by atoms with Crippen LogP contribution in [-0.2, 0) is 6.61 Å². The summed E-state index contributed by atoms with van der Waals surface area (Å²) >= 11 is 0. The van der Waals surface area contributed by atoms with E-state index >= 15 is 0 Å². The van der Waals surface area contributed by atoms with E-state index in [2.05, 4.69) is 0 Å². The van der Waals surface area contributed by atoms with Crippen molar-refractivity contribution in [3.63, 3.8) is 0 Å². The molecule has 0 saturated carbocycles. The lowest BCUT2D eigenvalue weighted by Gasteiger charge is -2.08. The summed E-state index contributed by atoms with van der Waals surface area (Å²) in [6.07, 6.45) is 0. The molecule has 0 aliphatic rings. The van der Waals surface area contributed by atoms with Crippen LogP contribution in [0.4, 0.5) is 0 Å². The van der Waals surface area contributed by atoms with Crippen molar-refractivity contribution >= 4 is 5.84 Å². The molecule has 0 atom stereocenters. The van der Waals surface area contributed by atoms with Gasteiger partial charge < -0.3 is 15.2 Å². The standard InChI is InChI=1S/C15H16N2O2/c1-18-13-7-5-11(6-8-13)10-19-14-4-2-3-12(9-14)15(16)17/h2-9H,10H2,1H3,(H3,16,17). The van der Waals surface area contributed by atoms with Gasteiger partial charge in [-0.05, 0) is 29.8 Å². The van der Waals surface area contributed by atoms with E-state index in [1.54, 1.807) is 19.2 Å². The highest BCUT2D eigenvalue weighted by Crippen LogP contribution is 2.16. The van der Waals surface area contributed by atoms with Crippen molar-refractivity contribution in [1.29, 1.82) is 5.41 Å². The molecule has 0 aliphatic carbocycles. The first-order valence-electron chi connectivity index (χ1n) is 5.89. The average Bonchev–Trinajstić information content (AvgIpc) is 2.46. The first kappa shape index (κ1) is 13.0. The molecule has 0 amide bonds. The Labute approximate surface area is 112 Å². The lowest BCUT2D eigenvalue weighted by molar-refractivity contribution is 0.306. The highest BCUT2D eigenvalue weighted by atomic mass is 16.5. The van der Waals surface area contributed by atoms with E-state index in [-0.39, 0.29) is 5.84 Å². The van der Waals surface area contributed by atoms with E-state index in [1.807, 2.05) is 36.4 Å². The number of methoxy groups -OCH3 is 1. The predicted molar refractivity (Wildman–Crippen MR) is 74.8 cm³/mol. The van der Waals surface area contributed by atoms with Crippen LogP contribution < -0.4 is 15.2 Å². The van der Waals surface area contributed by atoms with Gasteiger partial charge in [0.25, 0.3) is 0 Å². The van der Waals surface area contributed by atoms with Crippen LogP contribution in [0.25, 0.3) is 0 Å². The van der Waals surface area contributed by atoms with Crippen LogP contribution in [0, 0.1) is 5.41 Å². The van der Waals surface area contributed by atoms with Gasteiger partial charge in [-0.2, -0.15) is 0 Å². The van der Waals surface area contributed by atoms with Gasteiger partial charge in [-0.3, -0.25) is 5.41 Å². The van der Waals surface area contributed by atoms with Crippen LogP contribution in [0.1, 0.15) is 11.1 Å². The lowest BCUT2D eigenvalue weighted by atomic mass is 10.2. The number of nitrogens with one attached hydrogen (secondary N) is 1. The van der Waals surface area contributed by atoms with Crippen molar-refractivity contribution in [3.8, 4) is 11.5 Å². The van der Waals surface area contributed by atoms with Gasteiger partial charge in [0.1, 0.15) is 23.9 Å². The monoisotopic (exact) mass is 256 g/mol. The largest absolute Gasteiger partial charge is 0.497 e. The number of benzene rings is 2. The summed E-state index contributed by atoms with van der Waals surface area (Å²) in [7, 11) is 1.64. The molecule has 4 nitrogen and oxygen atoms in total. The molecule has 19 heavy (non-hydrogen) atoms. The quantitative estimate of drug-likeness (QED) is 0.638. The second kappa shape index (κ2) is 5.91. The minimum absolute atomic E-state index is 0.0369. The Morgan fingerprint density at radius 1 is 1.11 bits per heavy atom. The van der Waals surface area contributed by atoms with E-state index in [0.29, 0.717) is 17.9 Å². The fraction of sp³-hybridized carbons (Fsp3) is 0.133. The van der Waals surface area contributed by atoms with Gasteiger partial charge in [-0.1, -0.05) is 24.3 Å². The molecule has 0 fully saturated rings. The van der Waals surface area contributed by atoms with Gasteiger partial charge in [0, 0.05) is 5.56 Å². The van der Waals surface area contributed by atoms with Gasteiger partial charge >= 0.3 is 0 Å². The van der Waals surface area contributed by atoms with Crippen molar-refractivity contribution in [1.82, 2.24) is 0 Å². The Balaban J connectivity index is 2.01. The van der Waals surface area contributed by atoms with E-state index in [9.17, 15) is 0 Å². The van der Waals surface area contributed by atoms with E-state index in [4.69, 9.17) is 20.6 Å². The number of nitrogens with two attached hydrogens (primary N) is 1. The maximum Gasteiger partial charge on any atom is 0.122 e. The molecule has 98 valence electrons. The van der Waals surface area contributed by atoms with Gasteiger partial charge in [-0.15, -0.1) is 0 Å². The van der Waals surface area contributed by atoms with E-state index in [1.165, 1.54) is 0 Å². The second-order valence-corrected chi connectivity index (χ2v) is 4.08. The minimum atomic E-state index is 0.0369. The molecule has 0 heterocycles. The minimum Gasteiger partial charge on any atom is -0.497 e. The van der Waals surface area contributed by atoms with Gasteiger partial charge in [-0.25, -0.2) is 0 Å². The van der Waals surface area contributed by atoms with Crippen LogP contribution in [0.15, 0.2) is 48.5 Å². The summed E-state index contributed by atoms with van der Waals surface area (Å²) in [6, 6.07) is 14.9. The highest BCUT2D eigenvalue weighted by Gasteiger charge is 2.00. The summed E-state index contributed by atoms with van der Waals surface area (Å²) in [5.41, 5.74) is 7.15. The molecule has 0 radical (unpaired) electrons. The maximum atomic E-state index is 7.38. The summed E-state index contributed by atoms with van der Waals surface area (Å²) in [4.78, 5) is 0. The number of amidine groups is 1. The number of hydrogen-bond donors (Lipinski definition) is 2. The molecule has 0 unspecified atom stereocenters. The van der Waals surface area contributed by atoms with Crippen molar-refractivity contribution in [2.75, 3.05) is 7.11 Å². The SMILES string of the molecule is COc1ccc(COc2cccc(C(=N)N)c2)cc1. The Kier molecular flexibility index (Phi) is 4.03. The molecular formula is C15H16N2O2. The molecule has 4 heteroatoms. The van der Waals surface area contributed by atoms with Crippen molar-refractivity contribution < 1.29 is 9.47 Å². The number of ether oxygens (including phenoxy) is 2. The van der Waals surface area contributed by atoms with Crippen LogP contribution in [-0.4, -0.2) is 12.9 Å². The van der Waals surface area contributed by atoms with E-state index in [0.717, 1.165) is 11.3 Å². The molecule has 2 aromatic rings. The zero-order chi connectivity index (χ0) is 13.7. The Bertz CT molecular complexity index is 565. The Hall–Kier alpha value is -2.49. The molecule has 0 aromatic heterocycles. The average molecular weight is 256 g/mol. The maximum absolute atomic E-state index is 7.38. The van der Waals surface area contributed by atoms with Crippen LogP contribution in [0.3, 0.4) is 0 Å². The van der Waals surface area contributed by atoms with Gasteiger partial charge in [0.15, 0.2) is 0 Å². The fourth-order valence-electron chi connectivity index (χ4n) is 1.64. The van der Waals surface area contributed by atoms with Crippen LogP contribution in [0.2, 0.25) is 0 Å². The van der Waals surface area contributed by atoms with Gasteiger partial charge in [0.2, 0.25) is 0 Å². The molecule has 0 saturated heterocycles. The zero-order valence-electron chi connectivity index (χ0n) is 10.7. The first-order valence-corrected chi connectivity index (χ1v) is 5.89.